The van der Waals surface area contributed by atoms with Crippen LogP contribution in [0.5, 0.6) is 5.75 Å². The number of carbonyl (C=O) groups is 1. The van der Waals surface area contributed by atoms with Crippen LogP contribution >= 0.6 is 0 Å². The molecule has 1 aromatic carbocycles. The number of benzene rings is 1. The Balaban J connectivity index is 1.80. The first-order chi connectivity index (χ1) is 14.9. The molecule has 1 aromatic heterocycles. The number of ether oxygens (including phenoxy) is 2. The molecule has 1 heterocycles. The molecule has 1 amide bonds. The summed E-state index contributed by atoms with van der Waals surface area (Å²) >= 11 is 0. The van der Waals surface area contributed by atoms with Crippen LogP contribution in [-0.2, 0) is 17.7 Å². The van der Waals surface area contributed by atoms with E-state index >= 15 is 0 Å². The van der Waals surface area contributed by atoms with E-state index in [4.69, 9.17) is 13.9 Å². The van der Waals surface area contributed by atoms with E-state index in [1.165, 1.54) is 0 Å². The number of alkyl carbamates (subject to hydrolysis) is 1. The molecule has 8 nitrogen and oxygen atoms in total. The number of guanidine groups is 1. The van der Waals surface area contributed by atoms with Gasteiger partial charge in [0.1, 0.15) is 17.1 Å². The van der Waals surface area contributed by atoms with Crippen molar-refractivity contribution in [2.45, 2.75) is 45.8 Å². The Labute approximate surface area is 184 Å². The van der Waals surface area contributed by atoms with Crippen molar-refractivity contribution in [3.8, 4) is 5.75 Å². The Morgan fingerprint density at radius 1 is 1.03 bits per heavy atom. The predicted octanol–water partition coefficient (Wildman–Crippen LogP) is 3.48. The molecule has 2 rings (SSSR count). The third-order valence-electron chi connectivity index (χ3n) is 4.14. The van der Waals surface area contributed by atoms with Crippen LogP contribution in [0, 0.1) is 0 Å². The van der Waals surface area contributed by atoms with Gasteiger partial charge >= 0.3 is 6.09 Å². The Bertz CT molecular complexity index is 796. The van der Waals surface area contributed by atoms with Crippen molar-refractivity contribution in [3.05, 3.63) is 54.0 Å². The second-order valence-corrected chi connectivity index (χ2v) is 7.98. The third kappa shape index (κ3) is 10.4. The monoisotopic (exact) mass is 430 g/mol. The van der Waals surface area contributed by atoms with Gasteiger partial charge in [-0.25, -0.2) is 9.79 Å². The maximum Gasteiger partial charge on any atom is 0.407 e. The van der Waals surface area contributed by atoms with Gasteiger partial charge in [-0.2, -0.15) is 0 Å². The molecule has 0 saturated carbocycles. The molecule has 170 valence electrons. The van der Waals surface area contributed by atoms with E-state index in [0.29, 0.717) is 32.1 Å². The molecule has 8 heteroatoms. The van der Waals surface area contributed by atoms with Crippen LogP contribution in [0.1, 0.15) is 38.5 Å². The molecule has 0 fully saturated rings. The second kappa shape index (κ2) is 12.5. The minimum Gasteiger partial charge on any atom is -0.497 e. The molecule has 0 aliphatic rings. The zero-order valence-corrected chi connectivity index (χ0v) is 18.9. The summed E-state index contributed by atoms with van der Waals surface area (Å²) in [4.78, 5) is 16.4. The summed E-state index contributed by atoms with van der Waals surface area (Å²) in [6.07, 6.45) is 2.76. The summed E-state index contributed by atoms with van der Waals surface area (Å²) in [5.41, 5.74) is 0.584. The fourth-order valence-electron chi connectivity index (χ4n) is 2.63. The maximum atomic E-state index is 11.7. The summed E-state index contributed by atoms with van der Waals surface area (Å²) in [5.74, 6) is 2.45. The maximum absolute atomic E-state index is 11.7. The number of nitrogens with one attached hydrogen (secondary N) is 3. The number of nitrogens with zero attached hydrogens (tertiary/aromatic N) is 1. The lowest BCUT2D eigenvalue weighted by atomic mass is 10.2. The van der Waals surface area contributed by atoms with E-state index in [-0.39, 0.29) is 0 Å². The van der Waals surface area contributed by atoms with Gasteiger partial charge in [-0.3, -0.25) is 0 Å². The van der Waals surface area contributed by atoms with Crippen LogP contribution in [0.4, 0.5) is 4.79 Å². The van der Waals surface area contributed by atoms with Crippen molar-refractivity contribution >= 4 is 12.1 Å². The number of aliphatic imine (C=N–C) groups is 1. The number of carbonyl (C=O) groups excluding carboxylic acids is 1. The number of rotatable bonds is 10. The zero-order chi connectivity index (χ0) is 22.5. The fourth-order valence-corrected chi connectivity index (χ4v) is 2.63. The van der Waals surface area contributed by atoms with Gasteiger partial charge in [0.25, 0.3) is 0 Å². The average molecular weight is 431 g/mol. The van der Waals surface area contributed by atoms with E-state index in [0.717, 1.165) is 29.9 Å². The summed E-state index contributed by atoms with van der Waals surface area (Å²) in [6, 6.07) is 11.7. The van der Waals surface area contributed by atoms with Crippen molar-refractivity contribution in [3.63, 3.8) is 0 Å². The van der Waals surface area contributed by atoms with Gasteiger partial charge in [0.2, 0.25) is 0 Å². The summed E-state index contributed by atoms with van der Waals surface area (Å²) in [7, 11) is 1.65. The Morgan fingerprint density at radius 3 is 2.39 bits per heavy atom. The lowest BCUT2D eigenvalue weighted by Gasteiger charge is -2.19. The fraction of sp³-hybridized carbons (Fsp3) is 0.478. The molecule has 0 spiro atoms. The van der Waals surface area contributed by atoms with E-state index < -0.39 is 11.7 Å². The topological polar surface area (TPSA) is 97.1 Å². The smallest absolute Gasteiger partial charge is 0.407 e. The predicted molar refractivity (Wildman–Crippen MR) is 121 cm³/mol. The first kappa shape index (κ1) is 24.1. The van der Waals surface area contributed by atoms with E-state index in [1.807, 2.05) is 57.2 Å². The number of hydrogen-bond acceptors (Lipinski definition) is 5. The number of furan rings is 1. The summed E-state index contributed by atoms with van der Waals surface area (Å²) in [5, 5.41) is 9.39. The quantitative estimate of drug-likeness (QED) is 0.303. The van der Waals surface area contributed by atoms with Gasteiger partial charge < -0.3 is 29.8 Å². The molecular weight excluding hydrogens is 396 g/mol. The highest BCUT2D eigenvalue weighted by molar-refractivity contribution is 5.79. The van der Waals surface area contributed by atoms with Crippen LogP contribution in [-0.4, -0.2) is 44.4 Å². The molecule has 0 bridgehead atoms. The molecule has 0 radical (unpaired) electrons. The van der Waals surface area contributed by atoms with Crippen LogP contribution in [0.15, 0.2) is 52.1 Å². The number of methoxy groups -OCH3 is 1. The molecular formula is C23H34N4O4. The van der Waals surface area contributed by atoms with Crippen LogP contribution in [0.25, 0.3) is 0 Å². The Morgan fingerprint density at radius 2 is 1.74 bits per heavy atom. The zero-order valence-electron chi connectivity index (χ0n) is 18.9. The van der Waals surface area contributed by atoms with Crippen LogP contribution < -0.4 is 20.7 Å². The Kier molecular flexibility index (Phi) is 9.74. The molecule has 2 aromatic rings. The van der Waals surface area contributed by atoms with Crippen molar-refractivity contribution in [2.24, 2.45) is 4.99 Å². The number of amides is 1. The molecule has 3 N–H and O–H groups in total. The standard InChI is InChI=1S/C23H34N4O4/c1-23(2,3)31-22(28)26-14-6-13-24-21(25-15-12-20-7-5-16-30-20)27-17-18-8-10-19(29-4)11-9-18/h5,7-11,16H,6,12-15,17H2,1-4H3,(H,26,28)(H2,24,25,27). The minimum atomic E-state index is -0.498. The summed E-state index contributed by atoms with van der Waals surface area (Å²) in [6.45, 7) is 7.93. The van der Waals surface area contributed by atoms with Gasteiger partial charge in [-0.15, -0.1) is 0 Å². The number of hydrogen-bond donors (Lipinski definition) is 3. The van der Waals surface area contributed by atoms with Gasteiger partial charge in [-0.1, -0.05) is 12.1 Å². The molecule has 0 aliphatic heterocycles. The van der Waals surface area contributed by atoms with Crippen molar-refractivity contribution < 1.29 is 18.7 Å². The SMILES string of the molecule is COc1ccc(CN=C(NCCCNC(=O)OC(C)(C)C)NCCc2ccco2)cc1. The van der Waals surface area contributed by atoms with E-state index in [1.54, 1.807) is 13.4 Å². The van der Waals surface area contributed by atoms with Crippen molar-refractivity contribution in [1.82, 2.24) is 16.0 Å². The molecule has 0 saturated heterocycles. The molecule has 0 unspecified atom stereocenters. The van der Waals surface area contributed by atoms with Crippen LogP contribution in [0.3, 0.4) is 0 Å². The van der Waals surface area contributed by atoms with Gasteiger partial charge in [0, 0.05) is 26.1 Å². The Hall–Kier alpha value is -3.16. The first-order valence-corrected chi connectivity index (χ1v) is 10.5. The lowest BCUT2D eigenvalue weighted by molar-refractivity contribution is 0.0527. The van der Waals surface area contributed by atoms with Gasteiger partial charge in [-0.05, 0) is 57.0 Å². The van der Waals surface area contributed by atoms with Gasteiger partial charge in [0.15, 0.2) is 5.96 Å². The molecule has 0 aliphatic carbocycles. The van der Waals surface area contributed by atoms with Crippen molar-refractivity contribution in [1.29, 1.82) is 0 Å². The highest BCUT2D eigenvalue weighted by Crippen LogP contribution is 2.11. The molecule has 0 atom stereocenters. The molecule has 31 heavy (non-hydrogen) atoms. The largest absolute Gasteiger partial charge is 0.497 e. The van der Waals surface area contributed by atoms with E-state index in [9.17, 15) is 4.79 Å². The highest BCUT2D eigenvalue weighted by Gasteiger charge is 2.15. The second-order valence-electron chi connectivity index (χ2n) is 7.98. The minimum absolute atomic E-state index is 0.405. The highest BCUT2D eigenvalue weighted by atomic mass is 16.6. The van der Waals surface area contributed by atoms with Gasteiger partial charge in [0.05, 0.1) is 19.9 Å². The normalized spacial score (nSPS) is 11.7. The van der Waals surface area contributed by atoms with Crippen molar-refractivity contribution in [2.75, 3.05) is 26.7 Å². The third-order valence-corrected chi connectivity index (χ3v) is 4.14. The average Bonchev–Trinajstić information content (AvgIpc) is 3.24. The lowest BCUT2D eigenvalue weighted by Crippen LogP contribution is -2.40. The van der Waals surface area contributed by atoms with Crippen LogP contribution in [0.2, 0.25) is 0 Å². The summed E-state index contributed by atoms with van der Waals surface area (Å²) < 4.78 is 15.8. The van der Waals surface area contributed by atoms with E-state index in [2.05, 4.69) is 20.9 Å². The first-order valence-electron chi connectivity index (χ1n) is 10.5.